The number of hydrogen-bond donors (Lipinski definition) is 1. The summed E-state index contributed by atoms with van der Waals surface area (Å²) < 4.78 is 38.1. The van der Waals surface area contributed by atoms with Gasteiger partial charge >= 0.3 is 0 Å². The van der Waals surface area contributed by atoms with E-state index < -0.39 is 17.7 Å². The van der Waals surface area contributed by atoms with Crippen molar-refractivity contribution < 1.29 is 18.3 Å². The summed E-state index contributed by atoms with van der Waals surface area (Å²) in [5, 5.41) is 3.04. The minimum atomic E-state index is -0.551. The molecule has 1 N–H and O–H groups in total. The number of rotatable bonds is 8. The summed E-state index contributed by atoms with van der Waals surface area (Å²) in [7, 11) is 1.57. The van der Waals surface area contributed by atoms with Crippen LogP contribution in [-0.2, 0) is 9.47 Å². The molecule has 0 aliphatic carbocycles. The fraction of sp³-hybridized carbons (Fsp3) is 0.571. The molecular weight excluding hydrogens is 252 g/mol. The van der Waals surface area contributed by atoms with Gasteiger partial charge in [-0.05, 0) is 25.1 Å². The average molecular weight is 273 g/mol. The Morgan fingerprint density at radius 1 is 1.26 bits per heavy atom. The minimum absolute atomic E-state index is 0.0410. The first-order valence-electron chi connectivity index (χ1n) is 6.36. The van der Waals surface area contributed by atoms with Gasteiger partial charge in [0.2, 0.25) is 0 Å². The van der Waals surface area contributed by atoms with Gasteiger partial charge in [0.15, 0.2) is 0 Å². The Hall–Kier alpha value is -1.04. The minimum Gasteiger partial charge on any atom is -0.382 e. The highest BCUT2D eigenvalue weighted by molar-refractivity contribution is 5.29. The molecule has 0 spiro atoms. The van der Waals surface area contributed by atoms with Gasteiger partial charge in [-0.15, -0.1) is 0 Å². The Bertz CT molecular complexity index is 399. The second kappa shape index (κ2) is 8.19. The normalized spacial score (nSPS) is 12.7. The van der Waals surface area contributed by atoms with E-state index in [1.54, 1.807) is 14.0 Å². The molecule has 108 valence electrons. The lowest BCUT2D eigenvalue weighted by Crippen LogP contribution is -2.28. The second-order valence-electron chi connectivity index (χ2n) is 4.27. The maximum Gasteiger partial charge on any atom is 0.133 e. The first-order chi connectivity index (χ1) is 9.11. The van der Waals surface area contributed by atoms with Crippen LogP contribution in [0.2, 0.25) is 0 Å². The molecule has 3 nitrogen and oxygen atoms in total. The van der Waals surface area contributed by atoms with Crippen LogP contribution in [0.15, 0.2) is 12.1 Å². The third kappa shape index (κ3) is 4.53. The smallest absolute Gasteiger partial charge is 0.133 e. The highest BCUT2D eigenvalue weighted by Crippen LogP contribution is 2.23. The van der Waals surface area contributed by atoms with Crippen molar-refractivity contribution in [3.63, 3.8) is 0 Å². The molecule has 1 atom stereocenters. The molecule has 1 aromatic rings. The quantitative estimate of drug-likeness (QED) is 0.738. The molecule has 0 saturated heterocycles. The Balaban J connectivity index is 2.83. The van der Waals surface area contributed by atoms with E-state index in [0.717, 1.165) is 0 Å². The number of aryl methyl sites for hydroxylation is 1. The van der Waals surface area contributed by atoms with Crippen LogP contribution in [0, 0.1) is 18.6 Å². The van der Waals surface area contributed by atoms with Crippen molar-refractivity contribution in [3.05, 3.63) is 34.9 Å². The standard InChI is InChI=1S/C14H21F2NO2/c1-4-17-12(9-19-8-7-18-3)13-11(15)6-5-10(2)14(13)16/h5-6,12,17H,4,7-9H2,1-3H3. The van der Waals surface area contributed by atoms with Gasteiger partial charge < -0.3 is 14.8 Å². The fourth-order valence-electron chi connectivity index (χ4n) is 1.83. The van der Waals surface area contributed by atoms with Crippen molar-refractivity contribution in [1.82, 2.24) is 5.32 Å². The largest absolute Gasteiger partial charge is 0.382 e. The molecule has 0 fully saturated rings. The molecule has 0 amide bonds. The topological polar surface area (TPSA) is 30.5 Å². The maximum absolute atomic E-state index is 14.1. The van der Waals surface area contributed by atoms with Gasteiger partial charge in [0.1, 0.15) is 11.6 Å². The van der Waals surface area contributed by atoms with E-state index in [4.69, 9.17) is 9.47 Å². The molecule has 1 aromatic carbocycles. The predicted octanol–water partition coefficient (Wildman–Crippen LogP) is 2.59. The molecule has 1 rings (SSSR count). The Labute approximate surface area is 112 Å². The number of ether oxygens (including phenoxy) is 2. The lowest BCUT2D eigenvalue weighted by molar-refractivity contribution is 0.0577. The van der Waals surface area contributed by atoms with Crippen molar-refractivity contribution in [3.8, 4) is 0 Å². The molecule has 5 heteroatoms. The summed E-state index contributed by atoms with van der Waals surface area (Å²) in [6, 6.07) is 2.22. The molecule has 0 radical (unpaired) electrons. The zero-order valence-electron chi connectivity index (χ0n) is 11.6. The summed E-state index contributed by atoms with van der Waals surface area (Å²) in [5.74, 6) is -1.06. The van der Waals surface area contributed by atoms with Gasteiger partial charge in [-0.1, -0.05) is 13.0 Å². The zero-order valence-corrected chi connectivity index (χ0v) is 11.6. The first-order valence-corrected chi connectivity index (χ1v) is 6.36. The van der Waals surface area contributed by atoms with E-state index >= 15 is 0 Å². The number of nitrogens with one attached hydrogen (secondary N) is 1. The van der Waals surface area contributed by atoms with Gasteiger partial charge in [-0.3, -0.25) is 0 Å². The fourth-order valence-corrected chi connectivity index (χ4v) is 1.83. The van der Waals surface area contributed by atoms with Crippen molar-refractivity contribution in [1.29, 1.82) is 0 Å². The van der Waals surface area contributed by atoms with E-state index in [0.29, 0.717) is 25.3 Å². The van der Waals surface area contributed by atoms with Gasteiger partial charge in [0.05, 0.1) is 25.9 Å². The molecule has 0 aromatic heterocycles. The predicted molar refractivity (Wildman–Crippen MR) is 70.2 cm³/mol. The van der Waals surface area contributed by atoms with E-state index in [9.17, 15) is 8.78 Å². The van der Waals surface area contributed by atoms with Crippen LogP contribution in [0.3, 0.4) is 0 Å². The highest BCUT2D eigenvalue weighted by atomic mass is 19.1. The average Bonchev–Trinajstić information content (AvgIpc) is 2.39. The van der Waals surface area contributed by atoms with Gasteiger partial charge in [-0.25, -0.2) is 8.78 Å². The molecule has 0 aliphatic rings. The summed E-state index contributed by atoms with van der Waals surface area (Å²) in [4.78, 5) is 0. The van der Waals surface area contributed by atoms with Crippen molar-refractivity contribution >= 4 is 0 Å². The summed E-state index contributed by atoms with van der Waals surface area (Å²) >= 11 is 0. The van der Waals surface area contributed by atoms with Crippen LogP contribution in [0.1, 0.15) is 24.1 Å². The first kappa shape index (κ1) is 16.0. The third-order valence-electron chi connectivity index (χ3n) is 2.83. The lowest BCUT2D eigenvalue weighted by atomic mass is 10.0. The molecule has 19 heavy (non-hydrogen) atoms. The lowest BCUT2D eigenvalue weighted by Gasteiger charge is -2.20. The number of likely N-dealkylation sites (N-methyl/N-ethyl adjacent to an activating group) is 1. The Morgan fingerprint density at radius 2 is 2.00 bits per heavy atom. The van der Waals surface area contributed by atoms with Crippen LogP contribution in [0.25, 0.3) is 0 Å². The van der Waals surface area contributed by atoms with E-state index in [-0.39, 0.29) is 12.2 Å². The highest BCUT2D eigenvalue weighted by Gasteiger charge is 2.21. The van der Waals surface area contributed by atoms with Crippen LogP contribution in [0.5, 0.6) is 0 Å². The van der Waals surface area contributed by atoms with Crippen LogP contribution in [0.4, 0.5) is 8.78 Å². The van der Waals surface area contributed by atoms with Crippen molar-refractivity contribution in [2.75, 3.05) is 33.5 Å². The van der Waals surface area contributed by atoms with Crippen molar-refractivity contribution in [2.45, 2.75) is 19.9 Å². The van der Waals surface area contributed by atoms with Gasteiger partial charge in [0, 0.05) is 12.7 Å². The van der Waals surface area contributed by atoms with E-state index in [2.05, 4.69) is 5.32 Å². The van der Waals surface area contributed by atoms with Crippen molar-refractivity contribution in [2.24, 2.45) is 0 Å². The summed E-state index contributed by atoms with van der Waals surface area (Å²) in [6.45, 7) is 5.16. The molecule has 1 unspecified atom stereocenters. The number of hydrogen-bond acceptors (Lipinski definition) is 3. The zero-order chi connectivity index (χ0) is 14.3. The Kier molecular flexibility index (Phi) is 6.91. The Morgan fingerprint density at radius 3 is 2.63 bits per heavy atom. The number of halogens is 2. The maximum atomic E-state index is 14.1. The van der Waals surface area contributed by atoms with Gasteiger partial charge in [0.25, 0.3) is 0 Å². The second-order valence-corrected chi connectivity index (χ2v) is 4.27. The van der Waals surface area contributed by atoms with Crippen LogP contribution in [-0.4, -0.2) is 33.5 Å². The monoisotopic (exact) mass is 273 g/mol. The van der Waals surface area contributed by atoms with E-state index in [1.165, 1.54) is 12.1 Å². The molecule has 0 aliphatic heterocycles. The van der Waals surface area contributed by atoms with Crippen LogP contribution < -0.4 is 5.32 Å². The summed E-state index contributed by atoms with van der Waals surface area (Å²) in [6.07, 6.45) is 0. The number of benzene rings is 1. The third-order valence-corrected chi connectivity index (χ3v) is 2.83. The van der Waals surface area contributed by atoms with E-state index in [1.807, 2.05) is 6.92 Å². The summed E-state index contributed by atoms with van der Waals surface area (Å²) in [5.41, 5.74) is 0.468. The van der Waals surface area contributed by atoms with Crippen LogP contribution >= 0.6 is 0 Å². The molecule has 0 bridgehead atoms. The SMILES string of the molecule is CCNC(COCCOC)c1c(F)ccc(C)c1F. The molecular formula is C14H21F2NO2. The molecule has 0 heterocycles. The molecule has 0 saturated carbocycles. The van der Waals surface area contributed by atoms with Gasteiger partial charge in [-0.2, -0.15) is 0 Å². The number of methoxy groups -OCH3 is 1.